The van der Waals surface area contributed by atoms with E-state index in [-0.39, 0.29) is 30.6 Å². The first-order chi connectivity index (χ1) is 16.2. The molecule has 0 saturated carbocycles. The molecule has 0 aliphatic carbocycles. The Morgan fingerprint density at radius 1 is 0.941 bits per heavy atom. The first-order valence-electron chi connectivity index (χ1n) is 11.9. The third-order valence-electron chi connectivity index (χ3n) is 5.35. The molecule has 0 saturated heterocycles. The molecule has 2 aromatic rings. The fourth-order valence-corrected chi connectivity index (χ4v) is 3.47. The van der Waals surface area contributed by atoms with Crippen molar-refractivity contribution in [1.82, 2.24) is 10.2 Å². The molecule has 0 fully saturated rings. The van der Waals surface area contributed by atoms with E-state index in [1.54, 1.807) is 24.0 Å². The molecule has 1 N–H and O–H groups in total. The predicted octanol–water partition coefficient (Wildman–Crippen LogP) is 4.75. The van der Waals surface area contributed by atoms with Crippen molar-refractivity contribution < 1.29 is 23.5 Å². The van der Waals surface area contributed by atoms with Crippen molar-refractivity contribution in [3.8, 4) is 11.5 Å². The standard InChI is InChI=1S/C27H37FN2O4/c1-6-33-24-14-10-21(16-25(24)34-7-2)11-15-26(31)30(18-22-8-12-23(28)13-9-22)20(5)27(32)29-17-19(3)4/h8-10,12-14,16,19-20H,6-7,11,15,17-18H2,1-5H3,(H,29,32)/t20-/m0/s1. The molecule has 0 unspecified atom stereocenters. The van der Waals surface area contributed by atoms with Gasteiger partial charge in [-0.1, -0.05) is 32.0 Å². The Morgan fingerprint density at radius 3 is 2.18 bits per heavy atom. The lowest BCUT2D eigenvalue weighted by atomic mass is 10.1. The molecule has 7 heteroatoms. The van der Waals surface area contributed by atoms with Crippen molar-refractivity contribution in [2.75, 3.05) is 19.8 Å². The maximum Gasteiger partial charge on any atom is 0.242 e. The van der Waals surface area contributed by atoms with Crippen LogP contribution in [0.2, 0.25) is 0 Å². The molecule has 186 valence electrons. The van der Waals surface area contributed by atoms with Crippen molar-refractivity contribution in [2.45, 2.75) is 60.0 Å². The lowest BCUT2D eigenvalue weighted by Gasteiger charge is -2.29. The SMILES string of the molecule is CCOc1ccc(CCC(=O)N(Cc2ccc(F)cc2)[C@@H](C)C(=O)NCC(C)C)cc1OCC. The van der Waals surface area contributed by atoms with Crippen LogP contribution in [0.25, 0.3) is 0 Å². The molecule has 0 heterocycles. The minimum atomic E-state index is -0.657. The van der Waals surface area contributed by atoms with Crippen LogP contribution in [0.4, 0.5) is 4.39 Å². The Morgan fingerprint density at radius 2 is 1.56 bits per heavy atom. The molecule has 2 aromatic carbocycles. The molecule has 0 aliphatic rings. The van der Waals surface area contributed by atoms with E-state index >= 15 is 0 Å². The Hall–Kier alpha value is -3.09. The number of halogens is 1. The smallest absolute Gasteiger partial charge is 0.242 e. The average Bonchev–Trinajstić information content (AvgIpc) is 2.81. The zero-order valence-electron chi connectivity index (χ0n) is 20.9. The summed E-state index contributed by atoms with van der Waals surface area (Å²) < 4.78 is 24.6. The zero-order valence-corrected chi connectivity index (χ0v) is 20.9. The van der Waals surface area contributed by atoms with Crippen molar-refractivity contribution in [3.63, 3.8) is 0 Å². The minimum absolute atomic E-state index is 0.150. The van der Waals surface area contributed by atoms with Crippen LogP contribution in [0.3, 0.4) is 0 Å². The molecule has 1 atom stereocenters. The summed E-state index contributed by atoms with van der Waals surface area (Å²) in [4.78, 5) is 27.6. The average molecular weight is 473 g/mol. The molecule has 0 aromatic heterocycles. The van der Waals surface area contributed by atoms with Gasteiger partial charge in [0.15, 0.2) is 11.5 Å². The maximum absolute atomic E-state index is 13.4. The highest BCUT2D eigenvalue weighted by molar-refractivity contribution is 5.87. The number of ether oxygens (including phenoxy) is 2. The number of hydrogen-bond acceptors (Lipinski definition) is 4. The molecule has 34 heavy (non-hydrogen) atoms. The zero-order chi connectivity index (χ0) is 25.1. The second-order valence-electron chi connectivity index (χ2n) is 8.61. The molecule has 0 bridgehead atoms. The van der Waals surface area contributed by atoms with Crippen LogP contribution in [0.5, 0.6) is 11.5 Å². The van der Waals surface area contributed by atoms with Gasteiger partial charge in [0.25, 0.3) is 0 Å². The second-order valence-corrected chi connectivity index (χ2v) is 8.61. The summed E-state index contributed by atoms with van der Waals surface area (Å²) in [6, 6.07) is 11.0. The second kappa shape index (κ2) is 13.6. The fraction of sp³-hybridized carbons (Fsp3) is 0.481. The van der Waals surface area contributed by atoms with Crippen LogP contribution in [-0.4, -0.2) is 42.5 Å². The van der Waals surface area contributed by atoms with E-state index in [2.05, 4.69) is 5.32 Å². The fourth-order valence-electron chi connectivity index (χ4n) is 3.47. The third kappa shape index (κ3) is 8.36. The number of amides is 2. The van der Waals surface area contributed by atoms with Gasteiger partial charge in [0.05, 0.1) is 13.2 Å². The van der Waals surface area contributed by atoms with E-state index < -0.39 is 6.04 Å². The van der Waals surface area contributed by atoms with Crippen LogP contribution in [0.1, 0.15) is 52.2 Å². The van der Waals surface area contributed by atoms with Gasteiger partial charge >= 0.3 is 0 Å². The van der Waals surface area contributed by atoms with Gasteiger partial charge in [-0.25, -0.2) is 4.39 Å². The number of carbonyl (C=O) groups is 2. The van der Waals surface area contributed by atoms with Gasteiger partial charge in [-0.15, -0.1) is 0 Å². The van der Waals surface area contributed by atoms with Gasteiger partial charge in [-0.3, -0.25) is 9.59 Å². The van der Waals surface area contributed by atoms with E-state index in [0.717, 1.165) is 11.1 Å². The van der Waals surface area contributed by atoms with Gasteiger partial charge in [-0.05, 0) is 68.5 Å². The summed E-state index contributed by atoms with van der Waals surface area (Å²) >= 11 is 0. The number of hydrogen-bond donors (Lipinski definition) is 1. The number of nitrogens with one attached hydrogen (secondary N) is 1. The van der Waals surface area contributed by atoms with Crippen LogP contribution < -0.4 is 14.8 Å². The molecule has 0 aliphatic heterocycles. The summed E-state index contributed by atoms with van der Waals surface area (Å²) in [5, 5.41) is 2.90. The van der Waals surface area contributed by atoms with Crippen molar-refractivity contribution in [3.05, 3.63) is 59.4 Å². The van der Waals surface area contributed by atoms with Gasteiger partial charge in [0.2, 0.25) is 11.8 Å². The molecule has 2 amide bonds. The largest absolute Gasteiger partial charge is 0.490 e. The normalized spacial score (nSPS) is 11.7. The number of benzene rings is 2. The lowest BCUT2D eigenvalue weighted by molar-refractivity contribution is -0.140. The minimum Gasteiger partial charge on any atom is -0.490 e. The van der Waals surface area contributed by atoms with Crippen LogP contribution >= 0.6 is 0 Å². The summed E-state index contributed by atoms with van der Waals surface area (Å²) in [7, 11) is 0. The van der Waals surface area contributed by atoms with E-state index in [4.69, 9.17) is 9.47 Å². The van der Waals surface area contributed by atoms with E-state index in [9.17, 15) is 14.0 Å². The highest BCUT2D eigenvalue weighted by Gasteiger charge is 2.26. The molecule has 0 radical (unpaired) electrons. The topological polar surface area (TPSA) is 67.9 Å². The lowest BCUT2D eigenvalue weighted by Crippen LogP contribution is -2.48. The van der Waals surface area contributed by atoms with Crippen LogP contribution in [-0.2, 0) is 22.6 Å². The predicted molar refractivity (Wildman–Crippen MR) is 131 cm³/mol. The molecule has 2 rings (SSSR count). The van der Waals surface area contributed by atoms with Gasteiger partial charge in [0, 0.05) is 19.5 Å². The van der Waals surface area contributed by atoms with Gasteiger partial charge in [-0.2, -0.15) is 0 Å². The number of aryl methyl sites for hydroxylation is 1. The highest BCUT2D eigenvalue weighted by Crippen LogP contribution is 2.29. The highest BCUT2D eigenvalue weighted by atomic mass is 19.1. The number of rotatable bonds is 13. The van der Waals surface area contributed by atoms with Crippen molar-refractivity contribution >= 4 is 11.8 Å². The quantitative estimate of drug-likeness (QED) is 0.457. The van der Waals surface area contributed by atoms with Crippen LogP contribution in [0.15, 0.2) is 42.5 Å². The monoisotopic (exact) mass is 472 g/mol. The van der Waals surface area contributed by atoms with Crippen molar-refractivity contribution in [2.24, 2.45) is 5.92 Å². The molecular weight excluding hydrogens is 435 g/mol. The Labute approximate surface area is 202 Å². The van der Waals surface area contributed by atoms with Crippen molar-refractivity contribution in [1.29, 1.82) is 0 Å². The number of nitrogens with zero attached hydrogens (tertiary/aromatic N) is 1. The summed E-state index contributed by atoms with van der Waals surface area (Å²) in [6.45, 7) is 11.4. The van der Waals surface area contributed by atoms with Gasteiger partial charge < -0.3 is 19.7 Å². The molecule has 0 spiro atoms. The maximum atomic E-state index is 13.4. The Bertz CT molecular complexity index is 931. The van der Waals surface area contributed by atoms with E-state index in [0.29, 0.717) is 43.6 Å². The molecule has 6 nitrogen and oxygen atoms in total. The Balaban J connectivity index is 2.16. The first kappa shape index (κ1) is 27.2. The van der Waals surface area contributed by atoms with Crippen LogP contribution in [0, 0.1) is 11.7 Å². The number of carbonyl (C=O) groups excluding carboxylic acids is 2. The first-order valence-corrected chi connectivity index (χ1v) is 11.9. The van der Waals surface area contributed by atoms with E-state index in [1.807, 2.05) is 45.9 Å². The third-order valence-corrected chi connectivity index (χ3v) is 5.35. The summed E-state index contributed by atoms with van der Waals surface area (Å²) in [5.74, 6) is 0.931. The van der Waals surface area contributed by atoms with E-state index in [1.165, 1.54) is 12.1 Å². The van der Waals surface area contributed by atoms with Gasteiger partial charge in [0.1, 0.15) is 11.9 Å². The summed E-state index contributed by atoms with van der Waals surface area (Å²) in [6.07, 6.45) is 0.716. The molecular formula is C27H37FN2O4. The summed E-state index contributed by atoms with van der Waals surface area (Å²) in [5.41, 5.74) is 1.71. The Kier molecular flexibility index (Phi) is 10.8.